The van der Waals surface area contributed by atoms with Gasteiger partial charge in [0.05, 0.1) is 18.3 Å². The molecule has 2 N–H and O–H groups in total. The van der Waals surface area contributed by atoms with E-state index in [-0.39, 0.29) is 11.7 Å². The van der Waals surface area contributed by atoms with E-state index in [1.807, 2.05) is 45.9 Å². The number of rotatable bonds is 8. The molecule has 0 heterocycles. The van der Waals surface area contributed by atoms with Crippen LogP contribution in [0.15, 0.2) is 36.4 Å². The zero-order valence-electron chi connectivity index (χ0n) is 15.1. The minimum Gasteiger partial charge on any atom is -0.490 e. The van der Waals surface area contributed by atoms with Gasteiger partial charge >= 0.3 is 5.97 Å². The van der Waals surface area contributed by atoms with Crippen molar-refractivity contribution >= 4 is 11.7 Å². The average Bonchev–Trinajstić information content (AvgIpc) is 2.55. The van der Waals surface area contributed by atoms with Crippen LogP contribution in [-0.2, 0) is 6.54 Å². The quantitative estimate of drug-likeness (QED) is 0.739. The molecule has 134 valence electrons. The number of benzene rings is 2. The summed E-state index contributed by atoms with van der Waals surface area (Å²) in [5, 5.41) is 12.4. The zero-order valence-corrected chi connectivity index (χ0v) is 15.1. The van der Waals surface area contributed by atoms with Gasteiger partial charge in [-0.2, -0.15) is 0 Å². The number of hydrogen-bond donors (Lipinski definition) is 2. The van der Waals surface area contributed by atoms with E-state index in [1.165, 1.54) is 0 Å². The van der Waals surface area contributed by atoms with Crippen molar-refractivity contribution in [2.24, 2.45) is 0 Å². The SMILES string of the molecule is CCOc1cc(CNc2cc(C(=O)O)ccc2C)ccc1OC(C)C. The first-order valence-corrected chi connectivity index (χ1v) is 8.41. The van der Waals surface area contributed by atoms with Gasteiger partial charge in [0.25, 0.3) is 0 Å². The third kappa shape index (κ3) is 5.14. The fourth-order valence-electron chi connectivity index (χ4n) is 2.42. The largest absolute Gasteiger partial charge is 0.490 e. The molecule has 0 amide bonds. The van der Waals surface area contributed by atoms with E-state index < -0.39 is 5.97 Å². The van der Waals surface area contributed by atoms with E-state index in [0.29, 0.717) is 18.9 Å². The van der Waals surface area contributed by atoms with Crippen molar-refractivity contribution < 1.29 is 19.4 Å². The van der Waals surface area contributed by atoms with Crippen molar-refractivity contribution in [2.75, 3.05) is 11.9 Å². The highest BCUT2D eigenvalue weighted by atomic mass is 16.5. The molecule has 0 aliphatic heterocycles. The number of carbonyl (C=O) groups is 1. The highest BCUT2D eigenvalue weighted by Crippen LogP contribution is 2.30. The number of aryl methyl sites for hydroxylation is 1. The van der Waals surface area contributed by atoms with Crippen LogP contribution >= 0.6 is 0 Å². The number of hydrogen-bond acceptors (Lipinski definition) is 4. The summed E-state index contributed by atoms with van der Waals surface area (Å²) in [6.45, 7) is 8.95. The first-order chi connectivity index (χ1) is 11.9. The minimum atomic E-state index is -0.933. The number of carboxylic acid groups (broad SMARTS) is 1. The maximum absolute atomic E-state index is 11.1. The Morgan fingerprint density at radius 2 is 1.92 bits per heavy atom. The molecule has 0 unspecified atom stereocenters. The molecule has 2 aromatic carbocycles. The van der Waals surface area contributed by atoms with Crippen LogP contribution in [0.2, 0.25) is 0 Å². The molecule has 0 saturated carbocycles. The molecule has 0 radical (unpaired) electrons. The number of carboxylic acids is 1. The maximum atomic E-state index is 11.1. The van der Waals surface area contributed by atoms with Crippen molar-refractivity contribution in [1.82, 2.24) is 0 Å². The topological polar surface area (TPSA) is 67.8 Å². The molecule has 2 rings (SSSR count). The smallest absolute Gasteiger partial charge is 0.335 e. The fraction of sp³-hybridized carbons (Fsp3) is 0.350. The number of ether oxygens (including phenoxy) is 2. The lowest BCUT2D eigenvalue weighted by Crippen LogP contribution is -2.08. The van der Waals surface area contributed by atoms with Crippen LogP contribution in [0.3, 0.4) is 0 Å². The average molecular weight is 343 g/mol. The van der Waals surface area contributed by atoms with Crippen molar-refractivity contribution in [1.29, 1.82) is 0 Å². The van der Waals surface area contributed by atoms with Gasteiger partial charge in [-0.15, -0.1) is 0 Å². The normalized spacial score (nSPS) is 10.6. The third-order valence-corrected chi connectivity index (χ3v) is 3.64. The summed E-state index contributed by atoms with van der Waals surface area (Å²) >= 11 is 0. The van der Waals surface area contributed by atoms with E-state index >= 15 is 0 Å². The monoisotopic (exact) mass is 343 g/mol. The second-order valence-corrected chi connectivity index (χ2v) is 6.07. The van der Waals surface area contributed by atoms with Gasteiger partial charge in [-0.3, -0.25) is 0 Å². The molecular weight excluding hydrogens is 318 g/mol. The summed E-state index contributed by atoms with van der Waals surface area (Å²) < 4.78 is 11.4. The summed E-state index contributed by atoms with van der Waals surface area (Å²) in [6.07, 6.45) is 0.0737. The Kier molecular flexibility index (Phi) is 6.28. The lowest BCUT2D eigenvalue weighted by molar-refractivity contribution is 0.0697. The Labute approximate surface area is 148 Å². The van der Waals surface area contributed by atoms with Crippen molar-refractivity contribution in [3.8, 4) is 11.5 Å². The van der Waals surface area contributed by atoms with Gasteiger partial charge in [0.15, 0.2) is 11.5 Å². The van der Waals surface area contributed by atoms with Crippen LogP contribution in [0.4, 0.5) is 5.69 Å². The van der Waals surface area contributed by atoms with E-state index in [4.69, 9.17) is 14.6 Å². The molecule has 0 aliphatic rings. The highest BCUT2D eigenvalue weighted by Gasteiger charge is 2.10. The Morgan fingerprint density at radius 3 is 2.56 bits per heavy atom. The molecule has 25 heavy (non-hydrogen) atoms. The Hall–Kier alpha value is -2.69. The number of nitrogens with one attached hydrogen (secondary N) is 1. The predicted octanol–water partition coefficient (Wildman–Crippen LogP) is 4.49. The van der Waals surface area contributed by atoms with Gasteiger partial charge in [0.2, 0.25) is 0 Å². The van der Waals surface area contributed by atoms with Crippen LogP contribution in [0.5, 0.6) is 11.5 Å². The minimum absolute atomic E-state index is 0.0737. The third-order valence-electron chi connectivity index (χ3n) is 3.64. The molecule has 0 spiro atoms. The summed E-state index contributed by atoms with van der Waals surface area (Å²) in [5.74, 6) is 0.507. The summed E-state index contributed by atoms with van der Waals surface area (Å²) in [5.41, 5.74) is 3.10. The fourth-order valence-corrected chi connectivity index (χ4v) is 2.42. The van der Waals surface area contributed by atoms with Crippen LogP contribution in [-0.4, -0.2) is 23.8 Å². The molecule has 0 aliphatic carbocycles. The highest BCUT2D eigenvalue weighted by molar-refractivity contribution is 5.89. The van der Waals surface area contributed by atoms with E-state index in [0.717, 1.165) is 22.6 Å². The first-order valence-electron chi connectivity index (χ1n) is 8.41. The summed E-state index contributed by atoms with van der Waals surface area (Å²) in [6, 6.07) is 10.9. The first kappa shape index (κ1) is 18.6. The molecule has 0 bridgehead atoms. The molecule has 0 fully saturated rings. The van der Waals surface area contributed by atoms with Crippen molar-refractivity contribution in [3.63, 3.8) is 0 Å². The van der Waals surface area contributed by atoms with E-state index in [2.05, 4.69) is 5.32 Å². The molecule has 0 saturated heterocycles. The van der Waals surface area contributed by atoms with Gasteiger partial charge in [-0.05, 0) is 63.1 Å². The van der Waals surface area contributed by atoms with E-state index in [1.54, 1.807) is 18.2 Å². The second-order valence-electron chi connectivity index (χ2n) is 6.07. The predicted molar refractivity (Wildman–Crippen MR) is 98.8 cm³/mol. The second kappa shape index (κ2) is 8.42. The standard InChI is InChI=1S/C20H25NO4/c1-5-24-19-10-15(7-9-18(19)25-13(2)3)12-21-17-11-16(20(22)23)8-6-14(17)4/h6-11,13,21H,5,12H2,1-4H3,(H,22,23). The number of anilines is 1. The molecule has 2 aromatic rings. The van der Waals surface area contributed by atoms with E-state index in [9.17, 15) is 4.79 Å². The lowest BCUT2D eigenvalue weighted by atomic mass is 10.1. The van der Waals surface area contributed by atoms with Gasteiger partial charge in [-0.25, -0.2) is 4.79 Å². The summed E-state index contributed by atoms with van der Waals surface area (Å²) in [7, 11) is 0. The van der Waals surface area contributed by atoms with Crippen LogP contribution in [0, 0.1) is 6.92 Å². The molecular formula is C20H25NO4. The van der Waals surface area contributed by atoms with Gasteiger partial charge in [-0.1, -0.05) is 12.1 Å². The lowest BCUT2D eigenvalue weighted by Gasteiger charge is -2.16. The van der Waals surface area contributed by atoms with Crippen LogP contribution in [0.25, 0.3) is 0 Å². The Balaban J connectivity index is 2.16. The van der Waals surface area contributed by atoms with Gasteiger partial charge in [0, 0.05) is 12.2 Å². The summed E-state index contributed by atoms with van der Waals surface area (Å²) in [4.78, 5) is 11.1. The van der Waals surface area contributed by atoms with Crippen molar-refractivity contribution in [3.05, 3.63) is 53.1 Å². The molecule has 5 heteroatoms. The van der Waals surface area contributed by atoms with Crippen LogP contribution < -0.4 is 14.8 Å². The molecule has 0 atom stereocenters. The maximum Gasteiger partial charge on any atom is 0.335 e. The molecule has 5 nitrogen and oxygen atoms in total. The zero-order chi connectivity index (χ0) is 18.4. The Bertz CT molecular complexity index is 740. The van der Waals surface area contributed by atoms with Crippen molar-refractivity contribution in [2.45, 2.75) is 40.3 Å². The van der Waals surface area contributed by atoms with Gasteiger partial charge in [0.1, 0.15) is 0 Å². The Morgan fingerprint density at radius 1 is 1.16 bits per heavy atom. The van der Waals surface area contributed by atoms with Gasteiger partial charge < -0.3 is 19.9 Å². The molecule has 0 aromatic heterocycles. The number of aromatic carboxylic acids is 1. The van der Waals surface area contributed by atoms with Crippen LogP contribution in [0.1, 0.15) is 42.3 Å².